The highest BCUT2D eigenvalue weighted by Gasteiger charge is 2.32. The van der Waals surface area contributed by atoms with E-state index in [1.54, 1.807) is 17.9 Å². The Morgan fingerprint density at radius 3 is 2.72 bits per heavy atom. The molecule has 0 saturated heterocycles. The SMILES string of the molecule is CCN(CC(C)C(=O)OC)C(=O)COc1cccc2c1OC(C)(C)C2. The number of carbonyl (C=O) groups excluding carboxylic acids is 2. The molecule has 0 N–H and O–H groups in total. The van der Waals surface area contributed by atoms with Crippen molar-refractivity contribution in [3.8, 4) is 11.5 Å². The number of nitrogens with zero attached hydrogens (tertiary/aromatic N) is 1. The van der Waals surface area contributed by atoms with Gasteiger partial charge in [0.05, 0.1) is 13.0 Å². The summed E-state index contributed by atoms with van der Waals surface area (Å²) >= 11 is 0. The van der Waals surface area contributed by atoms with E-state index in [2.05, 4.69) is 0 Å². The monoisotopic (exact) mass is 349 g/mol. The van der Waals surface area contributed by atoms with E-state index < -0.39 is 0 Å². The third kappa shape index (κ3) is 4.65. The summed E-state index contributed by atoms with van der Waals surface area (Å²) in [6, 6.07) is 5.72. The molecule has 1 aromatic carbocycles. The number of esters is 1. The van der Waals surface area contributed by atoms with Gasteiger partial charge in [0, 0.05) is 25.1 Å². The molecule has 6 heteroatoms. The lowest BCUT2D eigenvalue weighted by atomic mass is 10.0. The van der Waals surface area contributed by atoms with Gasteiger partial charge in [0.1, 0.15) is 5.60 Å². The van der Waals surface area contributed by atoms with Crippen LogP contribution in [0.25, 0.3) is 0 Å². The lowest BCUT2D eigenvalue weighted by molar-refractivity contribution is -0.146. The summed E-state index contributed by atoms with van der Waals surface area (Å²) in [7, 11) is 1.34. The van der Waals surface area contributed by atoms with Crippen LogP contribution in [-0.2, 0) is 20.7 Å². The summed E-state index contributed by atoms with van der Waals surface area (Å²) in [5.74, 6) is 0.413. The number of methoxy groups -OCH3 is 1. The lowest BCUT2D eigenvalue weighted by Gasteiger charge is -2.24. The van der Waals surface area contributed by atoms with Crippen LogP contribution < -0.4 is 9.47 Å². The molecule has 0 aromatic heterocycles. The number of fused-ring (bicyclic) bond motifs is 1. The van der Waals surface area contributed by atoms with E-state index in [0.29, 0.717) is 24.6 Å². The first-order valence-corrected chi connectivity index (χ1v) is 8.56. The fraction of sp³-hybridized carbons (Fsp3) is 0.579. The highest BCUT2D eigenvalue weighted by molar-refractivity contribution is 5.79. The fourth-order valence-corrected chi connectivity index (χ4v) is 2.95. The van der Waals surface area contributed by atoms with Crippen LogP contribution >= 0.6 is 0 Å². The molecule has 1 unspecified atom stereocenters. The van der Waals surface area contributed by atoms with Crippen molar-refractivity contribution in [3.05, 3.63) is 23.8 Å². The molecular formula is C19H27NO5. The van der Waals surface area contributed by atoms with Crippen molar-refractivity contribution in [2.45, 2.75) is 39.7 Å². The second kappa shape index (κ2) is 7.76. The van der Waals surface area contributed by atoms with Crippen molar-refractivity contribution in [2.75, 3.05) is 26.8 Å². The molecular weight excluding hydrogens is 322 g/mol. The van der Waals surface area contributed by atoms with Gasteiger partial charge in [-0.15, -0.1) is 0 Å². The molecule has 0 radical (unpaired) electrons. The van der Waals surface area contributed by atoms with Crippen LogP contribution in [0.2, 0.25) is 0 Å². The third-order valence-corrected chi connectivity index (χ3v) is 4.24. The van der Waals surface area contributed by atoms with E-state index in [4.69, 9.17) is 14.2 Å². The maximum atomic E-state index is 12.4. The van der Waals surface area contributed by atoms with E-state index in [1.807, 2.05) is 32.9 Å². The maximum Gasteiger partial charge on any atom is 0.310 e. The number of hydrogen-bond donors (Lipinski definition) is 0. The number of para-hydroxylation sites is 1. The molecule has 1 amide bonds. The van der Waals surface area contributed by atoms with Gasteiger partial charge in [-0.25, -0.2) is 0 Å². The van der Waals surface area contributed by atoms with Gasteiger partial charge >= 0.3 is 5.97 Å². The molecule has 0 spiro atoms. The molecule has 1 aromatic rings. The zero-order valence-electron chi connectivity index (χ0n) is 15.6. The standard InChI is InChI=1S/C19H27NO5/c1-6-20(11-13(2)18(22)23-5)16(21)12-24-15-9-7-8-14-10-19(3,4)25-17(14)15/h7-9,13H,6,10-12H2,1-5H3. The van der Waals surface area contributed by atoms with Crippen LogP contribution in [0.4, 0.5) is 0 Å². The Morgan fingerprint density at radius 1 is 1.36 bits per heavy atom. The number of likely N-dealkylation sites (N-methyl/N-ethyl adjacent to an activating group) is 1. The van der Waals surface area contributed by atoms with Crippen LogP contribution in [0.1, 0.15) is 33.3 Å². The summed E-state index contributed by atoms with van der Waals surface area (Å²) < 4.78 is 16.4. The first-order valence-electron chi connectivity index (χ1n) is 8.56. The van der Waals surface area contributed by atoms with Gasteiger partial charge in [0.2, 0.25) is 0 Å². The predicted octanol–water partition coefficient (Wildman–Crippen LogP) is 2.44. The Kier molecular flexibility index (Phi) is 5.93. The molecule has 1 aliphatic heterocycles. The van der Waals surface area contributed by atoms with Crippen molar-refractivity contribution in [1.82, 2.24) is 4.90 Å². The van der Waals surface area contributed by atoms with Gasteiger partial charge in [0.15, 0.2) is 18.1 Å². The Labute approximate surface area is 149 Å². The Morgan fingerprint density at radius 2 is 2.08 bits per heavy atom. The summed E-state index contributed by atoms with van der Waals surface area (Å²) in [5, 5.41) is 0. The summed E-state index contributed by atoms with van der Waals surface area (Å²) in [6.45, 7) is 8.37. The number of amides is 1. The first kappa shape index (κ1) is 19.1. The zero-order chi connectivity index (χ0) is 18.6. The Balaban J connectivity index is 1.98. The van der Waals surface area contributed by atoms with E-state index in [1.165, 1.54) is 7.11 Å². The van der Waals surface area contributed by atoms with E-state index >= 15 is 0 Å². The van der Waals surface area contributed by atoms with Gasteiger partial charge in [-0.1, -0.05) is 19.1 Å². The second-order valence-electron chi connectivity index (χ2n) is 6.93. The van der Waals surface area contributed by atoms with Crippen molar-refractivity contribution in [3.63, 3.8) is 0 Å². The molecule has 2 rings (SSSR count). The number of hydrogen-bond acceptors (Lipinski definition) is 5. The molecule has 138 valence electrons. The zero-order valence-corrected chi connectivity index (χ0v) is 15.6. The minimum absolute atomic E-state index is 0.0953. The number of benzene rings is 1. The molecule has 0 bridgehead atoms. The largest absolute Gasteiger partial charge is 0.483 e. The molecule has 1 heterocycles. The van der Waals surface area contributed by atoms with E-state index in [-0.39, 0.29) is 30.0 Å². The smallest absolute Gasteiger partial charge is 0.310 e. The Bertz CT molecular complexity index is 641. The molecule has 6 nitrogen and oxygen atoms in total. The van der Waals surface area contributed by atoms with Gasteiger partial charge in [-0.2, -0.15) is 0 Å². The second-order valence-corrected chi connectivity index (χ2v) is 6.93. The van der Waals surface area contributed by atoms with Gasteiger partial charge < -0.3 is 19.1 Å². The van der Waals surface area contributed by atoms with Crippen LogP contribution in [0.15, 0.2) is 18.2 Å². The van der Waals surface area contributed by atoms with Crippen LogP contribution in [0.5, 0.6) is 11.5 Å². The quantitative estimate of drug-likeness (QED) is 0.708. The maximum absolute atomic E-state index is 12.4. The van der Waals surface area contributed by atoms with Gasteiger partial charge in [-0.05, 0) is 26.8 Å². The van der Waals surface area contributed by atoms with E-state index in [0.717, 1.165) is 12.0 Å². The normalized spacial score (nSPS) is 15.7. The Hall–Kier alpha value is -2.24. The topological polar surface area (TPSA) is 65.1 Å². The van der Waals surface area contributed by atoms with Crippen LogP contribution in [-0.4, -0.2) is 49.2 Å². The van der Waals surface area contributed by atoms with Crippen molar-refractivity contribution >= 4 is 11.9 Å². The van der Waals surface area contributed by atoms with Crippen molar-refractivity contribution < 1.29 is 23.8 Å². The highest BCUT2D eigenvalue weighted by atomic mass is 16.5. The first-order chi connectivity index (χ1) is 11.8. The fourth-order valence-electron chi connectivity index (χ4n) is 2.95. The van der Waals surface area contributed by atoms with Crippen molar-refractivity contribution in [1.29, 1.82) is 0 Å². The van der Waals surface area contributed by atoms with Gasteiger partial charge in [-0.3, -0.25) is 9.59 Å². The van der Waals surface area contributed by atoms with Crippen LogP contribution in [0, 0.1) is 5.92 Å². The highest BCUT2D eigenvalue weighted by Crippen LogP contribution is 2.41. The average Bonchev–Trinajstić information content (AvgIpc) is 2.90. The molecule has 0 aliphatic carbocycles. The predicted molar refractivity (Wildman–Crippen MR) is 93.8 cm³/mol. The minimum Gasteiger partial charge on any atom is -0.483 e. The molecule has 25 heavy (non-hydrogen) atoms. The van der Waals surface area contributed by atoms with E-state index in [9.17, 15) is 9.59 Å². The molecule has 0 fully saturated rings. The lowest BCUT2D eigenvalue weighted by Crippen LogP contribution is -2.39. The third-order valence-electron chi connectivity index (χ3n) is 4.24. The molecule has 1 atom stereocenters. The molecule has 0 saturated carbocycles. The van der Waals surface area contributed by atoms with Crippen LogP contribution in [0.3, 0.4) is 0 Å². The summed E-state index contributed by atoms with van der Waals surface area (Å²) in [6.07, 6.45) is 0.811. The number of rotatable bonds is 7. The average molecular weight is 349 g/mol. The minimum atomic E-state index is -0.376. The van der Waals surface area contributed by atoms with Gasteiger partial charge in [0.25, 0.3) is 5.91 Å². The molecule has 1 aliphatic rings. The number of carbonyl (C=O) groups is 2. The summed E-state index contributed by atoms with van der Waals surface area (Å²) in [4.78, 5) is 25.6. The van der Waals surface area contributed by atoms with Crippen molar-refractivity contribution in [2.24, 2.45) is 5.92 Å². The number of ether oxygens (including phenoxy) is 3. The summed E-state index contributed by atoms with van der Waals surface area (Å²) in [5.41, 5.74) is 0.818.